The van der Waals surface area contributed by atoms with Gasteiger partial charge in [0.05, 0.1) is 12.5 Å². The number of carbonyl (C=O) groups excluding carboxylic acids is 1. The van der Waals surface area contributed by atoms with Crippen LogP contribution in [0.4, 0.5) is 13.2 Å². The minimum absolute atomic E-state index is 0.0665. The smallest absolute Gasteiger partial charge is 0.469 e. The Balaban J connectivity index is 2.04. The number of fused-ring (bicyclic) bond motifs is 3. The molecule has 2 aliphatic carbocycles. The van der Waals surface area contributed by atoms with Crippen molar-refractivity contribution in [2.45, 2.75) is 56.9 Å². The predicted molar refractivity (Wildman–Crippen MR) is 95.2 cm³/mol. The summed E-state index contributed by atoms with van der Waals surface area (Å²) in [5, 5.41) is 0. The zero-order chi connectivity index (χ0) is 21.0. The van der Waals surface area contributed by atoms with Crippen LogP contribution >= 0.6 is 0 Å². The van der Waals surface area contributed by atoms with Gasteiger partial charge in [0.1, 0.15) is 5.75 Å². The fourth-order valence-electron chi connectivity index (χ4n) is 5.14. The van der Waals surface area contributed by atoms with E-state index in [4.69, 9.17) is 4.74 Å². The van der Waals surface area contributed by atoms with Crippen molar-refractivity contribution in [3.8, 4) is 5.75 Å². The number of carbonyl (C=O) groups is 1. The van der Waals surface area contributed by atoms with Gasteiger partial charge >= 0.3 is 21.6 Å². The van der Waals surface area contributed by atoms with Crippen molar-refractivity contribution in [1.82, 2.24) is 0 Å². The first-order chi connectivity index (χ1) is 12.8. The zero-order valence-corrected chi connectivity index (χ0v) is 16.7. The normalized spacial score (nSPS) is 30.1. The summed E-state index contributed by atoms with van der Waals surface area (Å²) in [4.78, 5) is 12.5. The summed E-state index contributed by atoms with van der Waals surface area (Å²) in [5.41, 5.74) is -5.01. The molecule has 0 spiro atoms. The third kappa shape index (κ3) is 3.17. The molecule has 0 radical (unpaired) electrons. The number of esters is 1. The standard InChI is InChI=1S/C19H23F3O5S/c1-17-9-4-10-18(2,16(23)26-3)15(17)8-6-12-5-7-13(11-14(12)17)27-28(24,25)19(20,21)22/h5,7,11,15H,4,6,8-10H2,1-3H3/t15-,17+,18-/m1/s1. The molecule has 0 unspecified atom stereocenters. The number of alkyl halides is 3. The Morgan fingerprint density at radius 2 is 1.89 bits per heavy atom. The van der Waals surface area contributed by atoms with Gasteiger partial charge in [0.25, 0.3) is 0 Å². The van der Waals surface area contributed by atoms with Crippen LogP contribution in [0.1, 0.15) is 50.7 Å². The zero-order valence-electron chi connectivity index (χ0n) is 15.9. The van der Waals surface area contributed by atoms with Crippen LogP contribution in [0.2, 0.25) is 0 Å². The number of aryl methyl sites for hydroxylation is 1. The van der Waals surface area contributed by atoms with Gasteiger partial charge < -0.3 is 8.92 Å². The monoisotopic (exact) mass is 420 g/mol. The molecule has 0 saturated heterocycles. The van der Waals surface area contributed by atoms with Crippen LogP contribution in [-0.2, 0) is 31.5 Å². The second kappa shape index (κ2) is 6.64. The van der Waals surface area contributed by atoms with Gasteiger partial charge in [0.2, 0.25) is 0 Å². The lowest BCUT2D eigenvalue weighted by Crippen LogP contribution is -2.52. The number of hydrogen-bond acceptors (Lipinski definition) is 5. The van der Waals surface area contributed by atoms with Crippen molar-refractivity contribution < 1.29 is 35.3 Å². The minimum atomic E-state index is -5.74. The molecule has 0 bridgehead atoms. The molecular weight excluding hydrogens is 397 g/mol. The first kappa shape index (κ1) is 21.0. The fourth-order valence-corrected chi connectivity index (χ4v) is 5.59. The molecule has 0 aromatic heterocycles. The molecule has 3 rings (SSSR count). The predicted octanol–water partition coefficient (Wildman–Crippen LogP) is 4.10. The molecule has 156 valence electrons. The second-order valence-electron chi connectivity index (χ2n) is 8.07. The van der Waals surface area contributed by atoms with E-state index in [1.807, 2.05) is 13.8 Å². The van der Waals surface area contributed by atoms with Crippen molar-refractivity contribution in [2.75, 3.05) is 7.11 Å². The van der Waals surface area contributed by atoms with Crippen molar-refractivity contribution in [2.24, 2.45) is 11.3 Å². The highest BCUT2D eigenvalue weighted by Crippen LogP contribution is 2.58. The molecule has 0 N–H and O–H groups in total. The van der Waals surface area contributed by atoms with Crippen LogP contribution in [-0.4, -0.2) is 27.0 Å². The lowest BCUT2D eigenvalue weighted by molar-refractivity contribution is -0.161. The van der Waals surface area contributed by atoms with Crippen molar-refractivity contribution in [1.29, 1.82) is 0 Å². The van der Waals surface area contributed by atoms with Crippen LogP contribution in [0.15, 0.2) is 18.2 Å². The molecule has 0 aliphatic heterocycles. The number of ether oxygens (including phenoxy) is 1. The maximum atomic E-state index is 12.7. The largest absolute Gasteiger partial charge is 0.534 e. The Hall–Kier alpha value is -1.77. The highest BCUT2D eigenvalue weighted by atomic mass is 32.2. The summed E-state index contributed by atoms with van der Waals surface area (Å²) in [6, 6.07) is 4.24. The minimum Gasteiger partial charge on any atom is -0.469 e. The van der Waals surface area contributed by atoms with E-state index in [1.165, 1.54) is 19.2 Å². The molecule has 28 heavy (non-hydrogen) atoms. The van der Waals surface area contributed by atoms with Gasteiger partial charge in [0, 0.05) is 0 Å². The third-order valence-corrected chi connectivity index (χ3v) is 7.45. The quantitative estimate of drug-likeness (QED) is 0.418. The number of rotatable bonds is 3. The van der Waals surface area contributed by atoms with Crippen molar-refractivity contribution in [3.05, 3.63) is 29.3 Å². The molecule has 9 heteroatoms. The van der Waals surface area contributed by atoms with E-state index in [1.54, 1.807) is 6.07 Å². The maximum Gasteiger partial charge on any atom is 0.534 e. The third-order valence-electron chi connectivity index (χ3n) is 6.47. The van der Waals surface area contributed by atoms with Gasteiger partial charge in [-0.1, -0.05) is 19.4 Å². The van der Waals surface area contributed by atoms with Crippen LogP contribution in [0.3, 0.4) is 0 Å². The van der Waals surface area contributed by atoms with Crippen molar-refractivity contribution >= 4 is 16.1 Å². The molecule has 2 aliphatic rings. The van der Waals surface area contributed by atoms with E-state index >= 15 is 0 Å². The molecular formula is C19H23F3O5S. The summed E-state index contributed by atoms with van der Waals surface area (Å²) in [6.07, 6.45) is 3.56. The number of methoxy groups -OCH3 is 1. The summed E-state index contributed by atoms with van der Waals surface area (Å²) in [6.45, 7) is 3.86. The van der Waals surface area contributed by atoms with Gasteiger partial charge in [-0.15, -0.1) is 0 Å². The fraction of sp³-hybridized carbons (Fsp3) is 0.632. The van der Waals surface area contributed by atoms with E-state index in [2.05, 4.69) is 4.18 Å². The average Bonchev–Trinajstić information content (AvgIpc) is 2.60. The first-order valence-corrected chi connectivity index (χ1v) is 10.5. The Labute approximate surface area is 162 Å². The Bertz CT molecular complexity index is 895. The van der Waals surface area contributed by atoms with Gasteiger partial charge in [-0.2, -0.15) is 21.6 Å². The molecule has 1 saturated carbocycles. The number of hydrogen-bond donors (Lipinski definition) is 0. The summed E-state index contributed by atoms with van der Waals surface area (Å²) in [7, 11) is -4.39. The number of halogens is 3. The van der Waals surface area contributed by atoms with E-state index < -0.39 is 26.5 Å². The Kier molecular flexibility index (Phi) is 4.97. The van der Waals surface area contributed by atoms with Crippen LogP contribution < -0.4 is 4.18 Å². The summed E-state index contributed by atoms with van der Waals surface area (Å²) < 4.78 is 70.1. The van der Waals surface area contributed by atoms with E-state index in [0.29, 0.717) is 12.8 Å². The number of benzene rings is 1. The van der Waals surface area contributed by atoms with E-state index in [0.717, 1.165) is 30.4 Å². The molecule has 5 nitrogen and oxygen atoms in total. The average molecular weight is 420 g/mol. The van der Waals surface area contributed by atoms with Gasteiger partial charge in [-0.25, -0.2) is 0 Å². The molecule has 3 atom stereocenters. The van der Waals surface area contributed by atoms with Crippen LogP contribution in [0, 0.1) is 11.3 Å². The Morgan fingerprint density at radius 3 is 2.50 bits per heavy atom. The van der Waals surface area contributed by atoms with Gasteiger partial charge in [-0.3, -0.25) is 4.79 Å². The summed E-state index contributed by atoms with van der Waals surface area (Å²) >= 11 is 0. The first-order valence-electron chi connectivity index (χ1n) is 9.08. The lowest BCUT2D eigenvalue weighted by atomic mass is 9.50. The van der Waals surface area contributed by atoms with Gasteiger partial charge in [-0.05, 0) is 67.2 Å². The van der Waals surface area contributed by atoms with Gasteiger partial charge in [0.15, 0.2) is 0 Å². The topological polar surface area (TPSA) is 69.7 Å². The molecule has 1 aromatic rings. The highest BCUT2D eigenvalue weighted by Gasteiger charge is 2.56. The second-order valence-corrected chi connectivity index (χ2v) is 9.61. The summed E-state index contributed by atoms with van der Waals surface area (Å²) in [5.74, 6) is -0.731. The molecule has 0 heterocycles. The Morgan fingerprint density at radius 1 is 1.21 bits per heavy atom. The molecule has 0 amide bonds. The SMILES string of the molecule is COC(=O)[C@]1(C)CCC[C@@]2(C)c3cc(OS(=O)(=O)C(F)(F)F)ccc3CC[C@@H]12. The van der Waals surface area contributed by atoms with Crippen molar-refractivity contribution in [3.63, 3.8) is 0 Å². The molecule has 1 fully saturated rings. The maximum absolute atomic E-state index is 12.7. The van der Waals surface area contributed by atoms with E-state index in [-0.39, 0.29) is 17.6 Å². The van der Waals surface area contributed by atoms with Crippen LogP contribution in [0.5, 0.6) is 5.75 Å². The molecule has 1 aromatic carbocycles. The highest BCUT2D eigenvalue weighted by molar-refractivity contribution is 7.88. The lowest BCUT2D eigenvalue weighted by Gasteiger charge is -2.54. The van der Waals surface area contributed by atoms with Crippen LogP contribution in [0.25, 0.3) is 0 Å². The van der Waals surface area contributed by atoms with E-state index in [9.17, 15) is 26.4 Å².